The number of ether oxygens (including phenoxy) is 1. The van der Waals surface area contributed by atoms with Gasteiger partial charge in [-0.2, -0.15) is 0 Å². The number of para-hydroxylation sites is 1. The number of hydrogen-bond acceptors (Lipinski definition) is 5. The minimum Gasteiger partial charge on any atom is -0.457 e. The third-order valence-electron chi connectivity index (χ3n) is 7.15. The van der Waals surface area contributed by atoms with Crippen molar-refractivity contribution in [2.75, 3.05) is 18.0 Å². The molecule has 1 unspecified atom stereocenters. The monoisotopic (exact) mass is 511 g/mol. The van der Waals surface area contributed by atoms with E-state index in [0.29, 0.717) is 17.2 Å². The summed E-state index contributed by atoms with van der Waals surface area (Å²) in [5, 5.41) is 0. The second kappa shape index (κ2) is 11.3. The number of nitrogens with zero attached hydrogens (tertiary/aromatic N) is 3. The maximum Gasteiger partial charge on any atom is 0.212 e. The van der Waals surface area contributed by atoms with E-state index in [1.54, 1.807) is 18.5 Å². The summed E-state index contributed by atoms with van der Waals surface area (Å²) < 4.78 is 5.90. The number of aromatic nitrogens is 2. The molecule has 5 aromatic rings. The molecule has 1 aliphatic rings. The molecule has 1 saturated heterocycles. The molecule has 0 saturated carbocycles. The van der Waals surface area contributed by atoms with Gasteiger partial charge in [0.2, 0.25) is 5.78 Å². The average Bonchev–Trinajstić information content (AvgIpc) is 3.02. The van der Waals surface area contributed by atoms with Crippen molar-refractivity contribution in [1.29, 1.82) is 0 Å². The molecule has 39 heavy (non-hydrogen) atoms. The summed E-state index contributed by atoms with van der Waals surface area (Å²) in [6.45, 7) is 1.84. The first-order valence-corrected chi connectivity index (χ1v) is 13.3. The Morgan fingerprint density at radius 2 is 1.51 bits per heavy atom. The van der Waals surface area contributed by atoms with Crippen LogP contribution in [0.1, 0.15) is 40.4 Å². The third-order valence-corrected chi connectivity index (χ3v) is 7.15. The number of anilines is 1. The fourth-order valence-corrected chi connectivity index (χ4v) is 5.12. The summed E-state index contributed by atoms with van der Waals surface area (Å²) >= 11 is 0. The Balaban J connectivity index is 1.18. The second-order valence-corrected chi connectivity index (χ2v) is 9.81. The molecular weight excluding hydrogens is 482 g/mol. The van der Waals surface area contributed by atoms with Crippen molar-refractivity contribution >= 4 is 11.6 Å². The zero-order valence-electron chi connectivity index (χ0n) is 21.6. The van der Waals surface area contributed by atoms with E-state index in [2.05, 4.69) is 40.2 Å². The Hall–Kier alpha value is -4.77. The summed E-state index contributed by atoms with van der Waals surface area (Å²) in [5.41, 5.74) is 4.13. The van der Waals surface area contributed by atoms with Gasteiger partial charge in [-0.3, -0.25) is 9.78 Å². The SMILES string of the molecule is O=C(c1cncc(-c2ccc(Oc3ccccc3)cc2)c1)c1cccc(N2CCCC(c3ccccc3)C2)n1. The van der Waals surface area contributed by atoms with Gasteiger partial charge in [-0.05, 0) is 66.4 Å². The molecule has 6 rings (SSSR count). The first kappa shape index (κ1) is 24.6. The largest absolute Gasteiger partial charge is 0.457 e. The lowest BCUT2D eigenvalue weighted by Gasteiger charge is -2.34. The number of pyridine rings is 2. The summed E-state index contributed by atoms with van der Waals surface area (Å²) in [4.78, 5) is 24.9. The molecule has 0 radical (unpaired) electrons. The molecule has 0 N–H and O–H groups in total. The van der Waals surface area contributed by atoms with Crippen molar-refractivity contribution in [1.82, 2.24) is 9.97 Å². The van der Waals surface area contributed by atoms with Gasteiger partial charge in [-0.25, -0.2) is 4.98 Å². The number of carbonyl (C=O) groups is 1. The van der Waals surface area contributed by atoms with Crippen LogP contribution in [0.15, 0.2) is 122 Å². The maximum absolute atomic E-state index is 13.5. The van der Waals surface area contributed by atoms with Gasteiger partial charge in [0.05, 0.1) is 0 Å². The lowest BCUT2D eigenvalue weighted by Crippen LogP contribution is -2.35. The first-order valence-electron chi connectivity index (χ1n) is 13.3. The minimum absolute atomic E-state index is 0.133. The van der Waals surface area contributed by atoms with Crippen molar-refractivity contribution in [3.8, 4) is 22.6 Å². The summed E-state index contributed by atoms with van der Waals surface area (Å²) in [7, 11) is 0. The van der Waals surface area contributed by atoms with Crippen LogP contribution in [-0.2, 0) is 0 Å². The molecule has 0 aliphatic carbocycles. The van der Waals surface area contributed by atoms with Gasteiger partial charge in [0.15, 0.2) is 0 Å². The normalized spacial score (nSPS) is 15.1. The summed E-state index contributed by atoms with van der Waals surface area (Å²) in [6.07, 6.45) is 5.64. The van der Waals surface area contributed by atoms with Gasteiger partial charge in [0, 0.05) is 42.5 Å². The fourth-order valence-electron chi connectivity index (χ4n) is 5.12. The highest BCUT2D eigenvalue weighted by Crippen LogP contribution is 2.30. The van der Waals surface area contributed by atoms with E-state index in [4.69, 9.17) is 9.72 Å². The van der Waals surface area contributed by atoms with Gasteiger partial charge in [-0.1, -0.05) is 66.7 Å². The van der Waals surface area contributed by atoms with Crippen molar-refractivity contribution in [3.05, 3.63) is 138 Å². The molecule has 1 fully saturated rings. The first-order chi connectivity index (χ1) is 19.2. The number of ketones is 1. The smallest absolute Gasteiger partial charge is 0.212 e. The molecular formula is C34H29N3O2. The molecule has 3 aromatic carbocycles. The fraction of sp³-hybridized carbons (Fsp3) is 0.147. The Morgan fingerprint density at radius 3 is 2.31 bits per heavy atom. The second-order valence-electron chi connectivity index (χ2n) is 9.81. The number of benzene rings is 3. The van der Waals surface area contributed by atoms with E-state index < -0.39 is 0 Å². The summed E-state index contributed by atoms with van der Waals surface area (Å²) in [5.74, 6) is 2.71. The van der Waals surface area contributed by atoms with Crippen LogP contribution in [0.2, 0.25) is 0 Å². The Morgan fingerprint density at radius 1 is 0.769 bits per heavy atom. The van der Waals surface area contributed by atoms with Gasteiger partial charge in [0.1, 0.15) is 23.0 Å². The van der Waals surface area contributed by atoms with Crippen LogP contribution in [-0.4, -0.2) is 28.8 Å². The average molecular weight is 512 g/mol. The van der Waals surface area contributed by atoms with Crippen LogP contribution < -0.4 is 9.64 Å². The standard InChI is InChI=1S/C34H29N3O2/c38-34(32-14-7-15-33(36-32)37-20-8-11-27(24-37)25-9-3-1-4-10-25)29-21-28(22-35-23-29)26-16-18-31(19-17-26)39-30-12-5-2-6-13-30/h1-7,9-10,12-19,21-23,27H,8,11,20,24H2. The molecule has 1 aliphatic heterocycles. The molecule has 5 heteroatoms. The number of rotatable bonds is 7. The van der Waals surface area contributed by atoms with Crippen LogP contribution in [0, 0.1) is 0 Å². The highest BCUT2D eigenvalue weighted by Gasteiger charge is 2.23. The zero-order valence-corrected chi connectivity index (χ0v) is 21.6. The van der Waals surface area contributed by atoms with E-state index in [-0.39, 0.29) is 5.78 Å². The van der Waals surface area contributed by atoms with E-state index in [9.17, 15) is 4.79 Å². The maximum atomic E-state index is 13.5. The minimum atomic E-state index is -0.133. The highest BCUT2D eigenvalue weighted by molar-refractivity contribution is 6.08. The van der Waals surface area contributed by atoms with Crippen LogP contribution in [0.5, 0.6) is 11.5 Å². The molecule has 0 amide bonds. The third kappa shape index (κ3) is 5.73. The molecule has 2 aromatic heterocycles. The predicted molar refractivity (Wildman–Crippen MR) is 154 cm³/mol. The molecule has 0 bridgehead atoms. The van der Waals surface area contributed by atoms with Gasteiger partial charge in [-0.15, -0.1) is 0 Å². The van der Waals surface area contributed by atoms with Crippen LogP contribution in [0.3, 0.4) is 0 Å². The topological polar surface area (TPSA) is 55.3 Å². The van der Waals surface area contributed by atoms with Gasteiger partial charge < -0.3 is 9.64 Å². The lowest BCUT2D eigenvalue weighted by molar-refractivity contribution is 0.103. The molecule has 5 nitrogen and oxygen atoms in total. The van der Waals surface area contributed by atoms with E-state index in [1.807, 2.05) is 72.8 Å². The van der Waals surface area contributed by atoms with E-state index in [1.165, 1.54) is 5.56 Å². The van der Waals surface area contributed by atoms with Gasteiger partial charge in [0.25, 0.3) is 0 Å². The van der Waals surface area contributed by atoms with Gasteiger partial charge >= 0.3 is 0 Å². The quantitative estimate of drug-likeness (QED) is 0.211. The number of carbonyl (C=O) groups excluding carboxylic acids is 1. The van der Waals surface area contributed by atoms with E-state index in [0.717, 1.165) is 54.4 Å². The molecule has 1 atom stereocenters. The van der Waals surface area contributed by atoms with E-state index >= 15 is 0 Å². The lowest BCUT2D eigenvalue weighted by atomic mass is 9.90. The number of piperidine rings is 1. The molecule has 192 valence electrons. The Bertz CT molecular complexity index is 1550. The summed E-state index contributed by atoms with van der Waals surface area (Å²) in [6, 6.07) is 35.7. The van der Waals surface area contributed by atoms with Crippen molar-refractivity contribution in [3.63, 3.8) is 0 Å². The number of hydrogen-bond donors (Lipinski definition) is 0. The Labute approximate surface area is 228 Å². The zero-order chi connectivity index (χ0) is 26.4. The molecule has 3 heterocycles. The van der Waals surface area contributed by atoms with Crippen molar-refractivity contribution < 1.29 is 9.53 Å². The van der Waals surface area contributed by atoms with Crippen LogP contribution >= 0.6 is 0 Å². The highest BCUT2D eigenvalue weighted by atomic mass is 16.5. The van der Waals surface area contributed by atoms with Crippen LogP contribution in [0.4, 0.5) is 5.82 Å². The van der Waals surface area contributed by atoms with Crippen molar-refractivity contribution in [2.45, 2.75) is 18.8 Å². The predicted octanol–water partition coefficient (Wildman–Crippen LogP) is 7.55. The Kier molecular flexibility index (Phi) is 7.13. The van der Waals surface area contributed by atoms with Crippen LogP contribution in [0.25, 0.3) is 11.1 Å². The molecule has 0 spiro atoms. The van der Waals surface area contributed by atoms with Crippen molar-refractivity contribution in [2.24, 2.45) is 0 Å².